The van der Waals surface area contributed by atoms with Crippen LogP contribution in [0.15, 0.2) is 0 Å². The van der Waals surface area contributed by atoms with Gasteiger partial charge in [0, 0.05) is 0 Å². The van der Waals surface area contributed by atoms with Gasteiger partial charge in [0.05, 0.1) is 12.2 Å². The average Bonchev–Trinajstić information content (AvgIpc) is 2.85. The first-order chi connectivity index (χ1) is 10.9. The highest BCUT2D eigenvalue weighted by Crippen LogP contribution is 2.67. The Balaban J connectivity index is 1.66. The molecule has 4 aliphatic rings. The van der Waals surface area contributed by atoms with Crippen molar-refractivity contribution in [2.24, 2.45) is 40.4 Å². The normalized spacial score (nSPS) is 59.1. The second-order valence-corrected chi connectivity index (χ2v) is 9.95. The highest BCUT2D eigenvalue weighted by atomic mass is 16.3. The summed E-state index contributed by atoms with van der Waals surface area (Å²) in [6.45, 7) is 7.41. The molecule has 0 radical (unpaired) electrons. The number of aliphatic hydroxyl groups excluding tert-OH is 2. The largest absolute Gasteiger partial charge is 0.393 e. The zero-order valence-electron chi connectivity index (χ0n) is 15.3. The molecule has 4 fully saturated rings. The van der Waals surface area contributed by atoms with Gasteiger partial charge in [-0.2, -0.15) is 0 Å². The molecule has 0 aromatic rings. The molecule has 0 aromatic heterocycles. The van der Waals surface area contributed by atoms with E-state index in [0.29, 0.717) is 28.6 Å². The van der Waals surface area contributed by atoms with E-state index in [4.69, 9.17) is 0 Å². The Morgan fingerprint density at radius 2 is 1.57 bits per heavy atom. The maximum Gasteiger partial charge on any atom is 0.0577 e. The van der Waals surface area contributed by atoms with E-state index in [1.54, 1.807) is 0 Å². The Labute approximate surface area is 142 Å². The standard InChI is InChI=1S/C21H36O2/c1-4-13-5-6-16-19-17(8-10-20(13,16)2)21(3)9-7-15(22)11-14(21)12-18(19)23/h13-19,22-23H,4-12H2,1-3H3/t13?,14-,15+,16+,17?,18?,19?,20?,21?/m0/s1. The second-order valence-electron chi connectivity index (χ2n) is 9.95. The average molecular weight is 321 g/mol. The topological polar surface area (TPSA) is 40.5 Å². The van der Waals surface area contributed by atoms with Crippen LogP contribution in [0, 0.1) is 40.4 Å². The van der Waals surface area contributed by atoms with Crippen LogP contribution in [0.2, 0.25) is 0 Å². The van der Waals surface area contributed by atoms with Crippen molar-refractivity contribution in [1.82, 2.24) is 0 Å². The molecule has 2 nitrogen and oxygen atoms in total. The zero-order valence-corrected chi connectivity index (χ0v) is 15.3. The number of hydrogen-bond acceptors (Lipinski definition) is 2. The molecule has 4 saturated carbocycles. The fourth-order valence-electron chi connectivity index (χ4n) is 7.98. The van der Waals surface area contributed by atoms with Crippen LogP contribution in [-0.2, 0) is 0 Å². The van der Waals surface area contributed by atoms with E-state index in [0.717, 1.165) is 31.1 Å². The maximum atomic E-state index is 11.1. The third-order valence-electron chi connectivity index (χ3n) is 9.34. The fourth-order valence-corrected chi connectivity index (χ4v) is 7.98. The Morgan fingerprint density at radius 3 is 2.30 bits per heavy atom. The minimum Gasteiger partial charge on any atom is -0.393 e. The van der Waals surface area contributed by atoms with Crippen molar-refractivity contribution in [3.8, 4) is 0 Å². The van der Waals surface area contributed by atoms with Gasteiger partial charge in [-0.15, -0.1) is 0 Å². The summed E-state index contributed by atoms with van der Waals surface area (Å²) < 4.78 is 0. The van der Waals surface area contributed by atoms with Gasteiger partial charge in [0.15, 0.2) is 0 Å². The Kier molecular flexibility index (Phi) is 3.89. The lowest BCUT2D eigenvalue weighted by atomic mass is 9.44. The summed E-state index contributed by atoms with van der Waals surface area (Å²) in [6.07, 6.45) is 10.5. The van der Waals surface area contributed by atoms with E-state index in [9.17, 15) is 10.2 Å². The molecule has 23 heavy (non-hydrogen) atoms. The van der Waals surface area contributed by atoms with Gasteiger partial charge < -0.3 is 10.2 Å². The van der Waals surface area contributed by atoms with E-state index in [-0.39, 0.29) is 12.2 Å². The van der Waals surface area contributed by atoms with E-state index in [1.165, 1.54) is 38.5 Å². The van der Waals surface area contributed by atoms with Crippen LogP contribution >= 0.6 is 0 Å². The van der Waals surface area contributed by atoms with Gasteiger partial charge in [0.2, 0.25) is 0 Å². The summed E-state index contributed by atoms with van der Waals surface area (Å²) in [5, 5.41) is 21.2. The smallest absolute Gasteiger partial charge is 0.0577 e. The van der Waals surface area contributed by atoms with Gasteiger partial charge in [-0.05, 0) is 91.8 Å². The molecule has 0 spiro atoms. The summed E-state index contributed by atoms with van der Waals surface area (Å²) in [4.78, 5) is 0. The van der Waals surface area contributed by atoms with Gasteiger partial charge >= 0.3 is 0 Å². The first-order valence-electron chi connectivity index (χ1n) is 10.3. The lowest BCUT2D eigenvalue weighted by molar-refractivity contribution is -0.172. The highest BCUT2D eigenvalue weighted by molar-refractivity contribution is 5.11. The van der Waals surface area contributed by atoms with Crippen LogP contribution in [0.4, 0.5) is 0 Å². The predicted octanol–water partition coefficient (Wildman–Crippen LogP) is 4.39. The Morgan fingerprint density at radius 1 is 0.870 bits per heavy atom. The highest BCUT2D eigenvalue weighted by Gasteiger charge is 2.62. The number of rotatable bonds is 1. The molecule has 4 aliphatic carbocycles. The molecule has 132 valence electrons. The maximum absolute atomic E-state index is 11.1. The molecule has 0 aromatic carbocycles. The summed E-state index contributed by atoms with van der Waals surface area (Å²) in [6, 6.07) is 0. The van der Waals surface area contributed by atoms with Crippen LogP contribution < -0.4 is 0 Å². The molecular weight excluding hydrogens is 284 g/mol. The quantitative estimate of drug-likeness (QED) is 0.752. The molecule has 4 rings (SSSR count). The van der Waals surface area contributed by atoms with Gasteiger partial charge in [0.1, 0.15) is 0 Å². The minimum atomic E-state index is -0.123. The van der Waals surface area contributed by atoms with Crippen molar-refractivity contribution in [2.45, 2.75) is 90.8 Å². The van der Waals surface area contributed by atoms with Gasteiger partial charge in [-0.3, -0.25) is 0 Å². The van der Waals surface area contributed by atoms with Crippen LogP contribution in [0.1, 0.15) is 78.6 Å². The summed E-state index contributed by atoms with van der Waals surface area (Å²) >= 11 is 0. The molecule has 0 bridgehead atoms. The molecule has 0 amide bonds. The number of hydrogen-bond donors (Lipinski definition) is 2. The second kappa shape index (κ2) is 5.46. The molecule has 0 saturated heterocycles. The van der Waals surface area contributed by atoms with E-state index in [2.05, 4.69) is 20.8 Å². The van der Waals surface area contributed by atoms with Gasteiger partial charge in [-0.1, -0.05) is 27.2 Å². The van der Waals surface area contributed by atoms with Crippen molar-refractivity contribution in [3.05, 3.63) is 0 Å². The first-order valence-corrected chi connectivity index (χ1v) is 10.3. The number of fused-ring (bicyclic) bond motifs is 5. The van der Waals surface area contributed by atoms with Crippen molar-refractivity contribution in [3.63, 3.8) is 0 Å². The van der Waals surface area contributed by atoms with Crippen LogP contribution in [0.3, 0.4) is 0 Å². The Hall–Kier alpha value is -0.0800. The molecule has 0 aliphatic heterocycles. The van der Waals surface area contributed by atoms with E-state index in [1.807, 2.05) is 0 Å². The minimum absolute atomic E-state index is 0.122. The summed E-state index contributed by atoms with van der Waals surface area (Å²) in [5.74, 6) is 3.37. The van der Waals surface area contributed by atoms with Crippen molar-refractivity contribution in [2.75, 3.05) is 0 Å². The molecule has 2 N–H and O–H groups in total. The van der Waals surface area contributed by atoms with Crippen LogP contribution in [-0.4, -0.2) is 22.4 Å². The molecule has 0 heterocycles. The third kappa shape index (κ3) is 2.20. The Bertz CT molecular complexity index is 463. The monoisotopic (exact) mass is 320 g/mol. The van der Waals surface area contributed by atoms with Gasteiger partial charge in [-0.25, -0.2) is 0 Å². The summed E-state index contributed by atoms with van der Waals surface area (Å²) in [5.41, 5.74) is 0.850. The first kappa shape index (κ1) is 16.4. The molecular formula is C21H36O2. The van der Waals surface area contributed by atoms with Crippen molar-refractivity contribution in [1.29, 1.82) is 0 Å². The fraction of sp³-hybridized carbons (Fsp3) is 1.00. The lowest BCUT2D eigenvalue weighted by Gasteiger charge is -2.62. The molecule has 6 unspecified atom stereocenters. The lowest BCUT2D eigenvalue weighted by Crippen LogP contribution is -2.58. The third-order valence-corrected chi connectivity index (χ3v) is 9.34. The predicted molar refractivity (Wildman–Crippen MR) is 92.9 cm³/mol. The summed E-state index contributed by atoms with van der Waals surface area (Å²) in [7, 11) is 0. The van der Waals surface area contributed by atoms with Crippen molar-refractivity contribution >= 4 is 0 Å². The van der Waals surface area contributed by atoms with Crippen LogP contribution in [0.25, 0.3) is 0 Å². The van der Waals surface area contributed by atoms with E-state index < -0.39 is 0 Å². The van der Waals surface area contributed by atoms with Gasteiger partial charge in [0.25, 0.3) is 0 Å². The van der Waals surface area contributed by atoms with Crippen LogP contribution in [0.5, 0.6) is 0 Å². The number of aliphatic hydroxyl groups is 2. The zero-order chi connectivity index (χ0) is 16.4. The SMILES string of the molecule is CCC1CC[C@@H]2C3C(O)C[C@@H]4C[C@H](O)CCC4(C)C3CCC12C. The molecule has 9 atom stereocenters. The van der Waals surface area contributed by atoms with Crippen molar-refractivity contribution < 1.29 is 10.2 Å². The van der Waals surface area contributed by atoms with E-state index >= 15 is 0 Å². The molecule has 2 heteroatoms.